The van der Waals surface area contributed by atoms with Gasteiger partial charge in [-0.25, -0.2) is 0 Å². The Morgan fingerprint density at radius 3 is 2.56 bits per heavy atom. The van der Waals surface area contributed by atoms with E-state index in [-0.39, 0.29) is 11.4 Å². The molecule has 0 aliphatic heterocycles. The van der Waals surface area contributed by atoms with Crippen LogP contribution in [0.5, 0.6) is 0 Å². The average molecular weight is 445 g/mol. The quantitative estimate of drug-likeness (QED) is 0.523. The summed E-state index contributed by atoms with van der Waals surface area (Å²) >= 11 is 11.6. The van der Waals surface area contributed by atoms with Crippen LogP contribution in [0.4, 0.5) is 0 Å². The van der Waals surface area contributed by atoms with Crippen molar-refractivity contribution in [2.75, 3.05) is 5.88 Å². The van der Waals surface area contributed by atoms with Gasteiger partial charge >= 0.3 is 0 Å². The number of rotatable bonds is 5. The van der Waals surface area contributed by atoms with Crippen molar-refractivity contribution < 1.29 is 4.79 Å². The van der Waals surface area contributed by atoms with Crippen molar-refractivity contribution >= 4 is 56.0 Å². The number of amides is 1. The molecule has 0 radical (unpaired) electrons. The first kappa shape index (κ1) is 16.2. The fourth-order valence-corrected chi connectivity index (χ4v) is 3.02. The SMILES string of the molecule is CCC(CC)(CCl)NC(=O)c1cc(Br)ccc1I. The summed E-state index contributed by atoms with van der Waals surface area (Å²) in [4.78, 5) is 12.3. The van der Waals surface area contributed by atoms with Crippen molar-refractivity contribution in [2.45, 2.75) is 32.2 Å². The highest BCUT2D eigenvalue weighted by molar-refractivity contribution is 14.1. The maximum atomic E-state index is 12.3. The van der Waals surface area contributed by atoms with Gasteiger partial charge in [-0.05, 0) is 53.6 Å². The minimum atomic E-state index is -0.315. The first-order valence-corrected chi connectivity index (χ1v) is 8.22. The molecule has 0 aliphatic rings. The van der Waals surface area contributed by atoms with E-state index in [2.05, 4.69) is 43.8 Å². The predicted octanol–water partition coefficient (Wildman–Crippen LogP) is 4.58. The summed E-state index contributed by atoms with van der Waals surface area (Å²) in [6.45, 7) is 4.08. The summed E-state index contributed by atoms with van der Waals surface area (Å²) in [5.74, 6) is 0.362. The lowest BCUT2D eigenvalue weighted by atomic mass is 9.94. The molecule has 1 aromatic carbocycles. The molecular weight excluding hydrogens is 428 g/mol. The normalized spacial score (nSPS) is 11.4. The van der Waals surface area contributed by atoms with Gasteiger partial charge in [0.05, 0.1) is 11.1 Å². The molecule has 0 saturated carbocycles. The zero-order valence-electron chi connectivity index (χ0n) is 10.4. The molecule has 0 fully saturated rings. The van der Waals surface area contributed by atoms with Gasteiger partial charge in [-0.3, -0.25) is 4.79 Å². The third kappa shape index (κ3) is 3.84. The van der Waals surface area contributed by atoms with Crippen LogP contribution in [0.15, 0.2) is 22.7 Å². The van der Waals surface area contributed by atoms with Crippen molar-refractivity contribution in [1.82, 2.24) is 5.32 Å². The molecule has 1 amide bonds. The number of alkyl halides is 1. The molecule has 18 heavy (non-hydrogen) atoms. The summed E-state index contributed by atoms with van der Waals surface area (Å²) in [5.41, 5.74) is 0.366. The molecule has 0 heterocycles. The highest BCUT2D eigenvalue weighted by Crippen LogP contribution is 2.22. The second-order valence-electron chi connectivity index (χ2n) is 4.20. The summed E-state index contributed by atoms with van der Waals surface area (Å²) in [6.07, 6.45) is 1.65. The second-order valence-corrected chi connectivity index (χ2v) is 6.54. The van der Waals surface area contributed by atoms with Crippen LogP contribution in [0.1, 0.15) is 37.0 Å². The van der Waals surface area contributed by atoms with Crippen molar-refractivity contribution in [3.63, 3.8) is 0 Å². The summed E-state index contributed by atoms with van der Waals surface area (Å²) in [5, 5.41) is 3.07. The van der Waals surface area contributed by atoms with E-state index in [0.717, 1.165) is 20.9 Å². The number of hydrogen-bond acceptors (Lipinski definition) is 1. The van der Waals surface area contributed by atoms with E-state index in [1.54, 1.807) is 0 Å². The first-order chi connectivity index (χ1) is 8.48. The van der Waals surface area contributed by atoms with Crippen molar-refractivity contribution in [1.29, 1.82) is 0 Å². The van der Waals surface area contributed by atoms with Gasteiger partial charge < -0.3 is 5.32 Å². The maximum absolute atomic E-state index is 12.3. The van der Waals surface area contributed by atoms with E-state index in [1.165, 1.54) is 0 Å². The lowest BCUT2D eigenvalue weighted by molar-refractivity contribution is 0.0901. The van der Waals surface area contributed by atoms with Gasteiger partial charge in [0.2, 0.25) is 0 Å². The Morgan fingerprint density at radius 2 is 2.06 bits per heavy atom. The van der Waals surface area contributed by atoms with Crippen molar-refractivity contribution in [2.24, 2.45) is 0 Å². The van der Waals surface area contributed by atoms with Crippen LogP contribution in [-0.2, 0) is 0 Å². The highest BCUT2D eigenvalue weighted by atomic mass is 127. The van der Waals surface area contributed by atoms with E-state index in [9.17, 15) is 4.79 Å². The molecule has 0 atom stereocenters. The molecule has 5 heteroatoms. The van der Waals surface area contributed by atoms with E-state index in [0.29, 0.717) is 11.4 Å². The Bertz CT molecular complexity index is 427. The smallest absolute Gasteiger partial charge is 0.252 e. The van der Waals surface area contributed by atoms with E-state index in [1.807, 2.05) is 32.0 Å². The average Bonchev–Trinajstić information content (AvgIpc) is 2.38. The molecule has 1 rings (SSSR count). The summed E-state index contributed by atoms with van der Waals surface area (Å²) in [7, 11) is 0. The van der Waals surface area contributed by atoms with Gasteiger partial charge in [-0.2, -0.15) is 0 Å². The van der Waals surface area contributed by atoms with Crippen molar-refractivity contribution in [3.8, 4) is 0 Å². The Hall–Kier alpha value is 0.190. The van der Waals surface area contributed by atoms with E-state index in [4.69, 9.17) is 11.6 Å². The Balaban J connectivity index is 2.97. The van der Waals surface area contributed by atoms with Crippen LogP contribution in [0, 0.1) is 3.57 Å². The van der Waals surface area contributed by atoms with Crippen LogP contribution in [0.3, 0.4) is 0 Å². The van der Waals surface area contributed by atoms with Gasteiger partial charge in [-0.15, -0.1) is 11.6 Å². The van der Waals surface area contributed by atoms with Crippen LogP contribution >= 0.6 is 50.1 Å². The third-order valence-electron chi connectivity index (χ3n) is 3.16. The fraction of sp³-hybridized carbons (Fsp3) is 0.462. The molecule has 0 spiro atoms. The fourth-order valence-electron chi connectivity index (χ4n) is 1.63. The molecule has 1 aromatic rings. The number of benzene rings is 1. The number of carbonyl (C=O) groups excluding carboxylic acids is 1. The van der Waals surface area contributed by atoms with E-state index < -0.39 is 0 Å². The number of hydrogen-bond donors (Lipinski definition) is 1. The molecule has 0 saturated heterocycles. The first-order valence-electron chi connectivity index (χ1n) is 5.81. The Kier molecular flexibility index (Phi) is 6.41. The molecule has 100 valence electrons. The minimum absolute atomic E-state index is 0.0648. The number of carbonyl (C=O) groups is 1. The van der Waals surface area contributed by atoms with E-state index >= 15 is 0 Å². The molecule has 2 nitrogen and oxygen atoms in total. The van der Waals surface area contributed by atoms with Crippen LogP contribution in [0.2, 0.25) is 0 Å². The van der Waals surface area contributed by atoms with Crippen LogP contribution in [-0.4, -0.2) is 17.3 Å². The predicted molar refractivity (Wildman–Crippen MR) is 88.4 cm³/mol. The molecule has 0 unspecified atom stereocenters. The van der Waals surface area contributed by atoms with Crippen LogP contribution in [0.25, 0.3) is 0 Å². The highest BCUT2D eigenvalue weighted by Gasteiger charge is 2.28. The lowest BCUT2D eigenvalue weighted by Gasteiger charge is -2.30. The molecule has 1 N–H and O–H groups in total. The van der Waals surface area contributed by atoms with Gasteiger partial charge in [0.25, 0.3) is 5.91 Å². The standard InChI is InChI=1S/C13H16BrClINO/c1-3-13(4-2,8-15)17-12(18)10-7-9(14)5-6-11(10)16/h5-7H,3-4,8H2,1-2H3,(H,17,18). The van der Waals surface area contributed by atoms with Gasteiger partial charge in [0, 0.05) is 13.9 Å². The zero-order valence-corrected chi connectivity index (χ0v) is 14.9. The van der Waals surface area contributed by atoms with Crippen molar-refractivity contribution in [3.05, 3.63) is 31.8 Å². The van der Waals surface area contributed by atoms with Gasteiger partial charge in [-0.1, -0.05) is 29.8 Å². The Labute approximate surface area is 135 Å². The second kappa shape index (κ2) is 7.10. The van der Waals surface area contributed by atoms with Gasteiger partial charge in [0.1, 0.15) is 0 Å². The molecular formula is C13H16BrClINO. The zero-order chi connectivity index (χ0) is 13.8. The number of halogens is 3. The molecule has 0 aromatic heterocycles. The topological polar surface area (TPSA) is 29.1 Å². The van der Waals surface area contributed by atoms with Crippen LogP contribution < -0.4 is 5.32 Å². The third-order valence-corrected chi connectivity index (χ3v) is 5.11. The largest absolute Gasteiger partial charge is 0.345 e. The molecule has 0 bridgehead atoms. The Morgan fingerprint density at radius 1 is 1.44 bits per heavy atom. The summed E-state index contributed by atoms with van der Waals surface area (Å²) in [6, 6.07) is 5.67. The van der Waals surface area contributed by atoms with Gasteiger partial charge in [0.15, 0.2) is 0 Å². The monoisotopic (exact) mass is 443 g/mol. The number of nitrogens with one attached hydrogen (secondary N) is 1. The summed E-state index contributed by atoms with van der Waals surface area (Å²) < 4.78 is 1.83. The maximum Gasteiger partial charge on any atom is 0.252 e. The lowest BCUT2D eigenvalue weighted by Crippen LogP contribution is -2.49. The molecule has 0 aliphatic carbocycles. The minimum Gasteiger partial charge on any atom is -0.345 e.